The van der Waals surface area contributed by atoms with Gasteiger partial charge in [-0.1, -0.05) is 23.7 Å². The largest absolute Gasteiger partial charge is 0.463 e. The van der Waals surface area contributed by atoms with Crippen molar-refractivity contribution in [2.75, 3.05) is 16.8 Å². The number of hydrogen-bond donors (Lipinski definition) is 1. The molecule has 1 aliphatic heterocycles. The molecule has 7 nitrogen and oxygen atoms in total. The SMILES string of the molecule is O=C1CN(C(=O)c2cc(-c3ccco3)n(-c3ccc(Cl)cc3)n2)c2ccccc2N1. The summed E-state index contributed by atoms with van der Waals surface area (Å²) in [6.07, 6.45) is 1.56. The van der Waals surface area contributed by atoms with Crippen LogP contribution >= 0.6 is 11.6 Å². The maximum absolute atomic E-state index is 13.3. The minimum Gasteiger partial charge on any atom is -0.463 e. The average Bonchev–Trinajstić information content (AvgIpc) is 3.43. The van der Waals surface area contributed by atoms with E-state index in [-0.39, 0.29) is 24.1 Å². The number of hydrogen-bond acceptors (Lipinski definition) is 4. The lowest BCUT2D eigenvalue weighted by molar-refractivity contribution is -0.115. The molecule has 0 unspecified atom stereocenters. The molecular weight excluding hydrogens is 404 g/mol. The third-order valence-electron chi connectivity index (χ3n) is 4.79. The molecule has 0 saturated carbocycles. The first kappa shape index (κ1) is 18.2. The number of benzene rings is 2. The molecule has 2 amide bonds. The summed E-state index contributed by atoms with van der Waals surface area (Å²) in [6, 6.07) is 19.5. The van der Waals surface area contributed by atoms with Crippen LogP contribution in [0.4, 0.5) is 11.4 Å². The van der Waals surface area contributed by atoms with Crippen molar-refractivity contribution in [3.05, 3.63) is 83.7 Å². The van der Waals surface area contributed by atoms with Gasteiger partial charge in [-0.05, 0) is 48.5 Å². The zero-order valence-electron chi connectivity index (χ0n) is 15.6. The number of anilines is 2. The highest BCUT2D eigenvalue weighted by molar-refractivity contribution is 6.30. The van der Waals surface area contributed by atoms with Crippen molar-refractivity contribution in [1.29, 1.82) is 0 Å². The first-order valence-electron chi connectivity index (χ1n) is 9.21. The van der Waals surface area contributed by atoms with Crippen LogP contribution in [0, 0.1) is 0 Å². The molecule has 3 heterocycles. The Morgan fingerprint density at radius 1 is 1.07 bits per heavy atom. The summed E-state index contributed by atoms with van der Waals surface area (Å²) in [6.45, 7) is -0.0836. The van der Waals surface area contributed by atoms with E-state index in [0.717, 1.165) is 5.69 Å². The fraction of sp³-hybridized carbons (Fsp3) is 0.0455. The number of carbonyl (C=O) groups excluding carboxylic acids is 2. The summed E-state index contributed by atoms with van der Waals surface area (Å²) in [5, 5.41) is 7.91. The minimum absolute atomic E-state index is 0.0836. The fourth-order valence-corrected chi connectivity index (χ4v) is 3.54. The Morgan fingerprint density at radius 2 is 1.87 bits per heavy atom. The molecule has 30 heavy (non-hydrogen) atoms. The number of aromatic nitrogens is 2. The number of fused-ring (bicyclic) bond motifs is 1. The maximum Gasteiger partial charge on any atom is 0.279 e. The smallest absolute Gasteiger partial charge is 0.279 e. The van der Waals surface area contributed by atoms with E-state index >= 15 is 0 Å². The number of nitrogens with one attached hydrogen (secondary N) is 1. The Morgan fingerprint density at radius 3 is 2.63 bits per heavy atom. The first-order chi connectivity index (χ1) is 14.6. The Kier molecular flexibility index (Phi) is 4.37. The molecule has 5 rings (SSSR count). The van der Waals surface area contributed by atoms with Crippen molar-refractivity contribution in [3.8, 4) is 17.1 Å². The zero-order chi connectivity index (χ0) is 20.7. The summed E-state index contributed by atoms with van der Waals surface area (Å²) >= 11 is 6.01. The lowest BCUT2D eigenvalue weighted by Gasteiger charge is -2.28. The van der Waals surface area contributed by atoms with Crippen molar-refractivity contribution >= 4 is 34.8 Å². The highest BCUT2D eigenvalue weighted by Crippen LogP contribution is 2.31. The second-order valence-corrected chi connectivity index (χ2v) is 7.17. The van der Waals surface area contributed by atoms with E-state index in [1.807, 2.05) is 6.07 Å². The third-order valence-corrected chi connectivity index (χ3v) is 5.04. The predicted octanol–water partition coefficient (Wildman–Crippen LogP) is 4.38. The second-order valence-electron chi connectivity index (χ2n) is 6.74. The van der Waals surface area contributed by atoms with Gasteiger partial charge < -0.3 is 9.73 Å². The van der Waals surface area contributed by atoms with E-state index in [4.69, 9.17) is 16.0 Å². The number of nitrogens with zero attached hydrogens (tertiary/aromatic N) is 3. The van der Waals surface area contributed by atoms with Gasteiger partial charge in [-0.15, -0.1) is 0 Å². The second kappa shape index (κ2) is 7.20. The number of rotatable bonds is 3. The van der Waals surface area contributed by atoms with Gasteiger partial charge in [0.15, 0.2) is 11.5 Å². The van der Waals surface area contributed by atoms with Crippen LogP contribution in [0.1, 0.15) is 10.5 Å². The monoisotopic (exact) mass is 418 g/mol. The van der Waals surface area contributed by atoms with E-state index in [9.17, 15) is 9.59 Å². The van der Waals surface area contributed by atoms with E-state index in [1.165, 1.54) is 4.90 Å². The summed E-state index contributed by atoms with van der Waals surface area (Å²) in [7, 11) is 0. The molecule has 148 valence electrons. The topological polar surface area (TPSA) is 80.4 Å². The third kappa shape index (κ3) is 3.15. The van der Waals surface area contributed by atoms with Crippen molar-refractivity contribution in [3.63, 3.8) is 0 Å². The van der Waals surface area contributed by atoms with Gasteiger partial charge in [-0.3, -0.25) is 14.5 Å². The van der Waals surface area contributed by atoms with Crippen LogP contribution in [-0.4, -0.2) is 28.1 Å². The van der Waals surface area contributed by atoms with Gasteiger partial charge in [0.1, 0.15) is 12.2 Å². The van der Waals surface area contributed by atoms with Gasteiger partial charge in [0.2, 0.25) is 5.91 Å². The van der Waals surface area contributed by atoms with Crippen LogP contribution in [0.5, 0.6) is 0 Å². The van der Waals surface area contributed by atoms with E-state index in [0.29, 0.717) is 27.9 Å². The molecule has 0 bridgehead atoms. The van der Waals surface area contributed by atoms with Crippen molar-refractivity contribution in [2.45, 2.75) is 0 Å². The molecule has 1 aliphatic rings. The number of furan rings is 1. The Bertz CT molecular complexity index is 1250. The van der Waals surface area contributed by atoms with Gasteiger partial charge in [0, 0.05) is 11.1 Å². The molecule has 8 heteroatoms. The lowest BCUT2D eigenvalue weighted by atomic mass is 10.1. The van der Waals surface area contributed by atoms with Crippen LogP contribution in [0.15, 0.2) is 77.4 Å². The molecule has 2 aromatic heterocycles. The standard InChI is InChI=1S/C22H15ClN4O3/c23-14-7-9-15(10-8-14)27-19(20-6-3-11-30-20)12-17(25-27)22(29)26-13-21(28)24-16-4-1-2-5-18(16)26/h1-12H,13H2,(H,24,28). The van der Waals surface area contributed by atoms with Crippen LogP contribution in [-0.2, 0) is 4.79 Å². The lowest BCUT2D eigenvalue weighted by Crippen LogP contribution is -2.42. The van der Waals surface area contributed by atoms with Gasteiger partial charge in [-0.25, -0.2) is 4.68 Å². The first-order valence-corrected chi connectivity index (χ1v) is 9.58. The number of carbonyl (C=O) groups is 2. The van der Waals surface area contributed by atoms with Gasteiger partial charge in [0.25, 0.3) is 5.91 Å². The van der Waals surface area contributed by atoms with Gasteiger partial charge >= 0.3 is 0 Å². The molecule has 0 spiro atoms. The van der Waals surface area contributed by atoms with Crippen LogP contribution in [0.3, 0.4) is 0 Å². The Labute approximate surface area is 176 Å². The molecular formula is C22H15ClN4O3. The van der Waals surface area contributed by atoms with E-state index < -0.39 is 0 Å². The molecule has 0 saturated heterocycles. The Balaban J connectivity index is 1.60. The van der Waals surface area contributed by atoms with Crippen LogP contribution in [0.2, 0.25) is 5.02 Å². The molecule has 2 aromatic carbocycles. The average molecular weight is 419 g/mol. The summed E-state index contributed by atoms with van der Waals surface area (Å²) < 4.78 is 7.16. The van der Waals surface area contributed by atoms with Gasteiger partial charge in [0.05, 0.1) is 23.3 Å². The summed E-state index contributed by atoms with van der Waals surface area (Å²) in [5.41, 5.74) is 2.75. The quantitative estimate of drug-likeness (QED) is 0.535. The van der Waals surface area contributed by atoms with Crippen LogP contribution < -0.4 is 10.2 Å². The molecule has 0 radical (unpaired) electrons. The van der Waals surface area contributed by atoms with E-state index in [1.54, 1.807) is 71.6 Å². The molecule has 0 atom stereocenters. The number of halogens is 1. The molecule has 0 aliphatic carbocycles. The van der Waals surface area contributed by atoms with E-state index in [2.05, 4.69) is 10.4 Å². The summed E-state index contributed by atoms with van der Waals surface area (Å²) in [4.78, 5) is 26.9. The zero-order valence-corrected chi connectivity index (χ0v) is 16.3. The number of amides is 2. The normalized spacial score (nSPS) is 13.1. The highest BCUT2D eigenvalue weighted by Gasteiger charge is 2.30. The van der Waals surface area contributed by atoms with Crippen molar-refractivity contribution in [2.24, 2.45) is 0 Å². The van der Waals surface area contributed by atoms with Crippen molar-refractivity contribution < 1.29 is 14.0 Å². The molecule has 0 fully saturated rings. The number of para-hydroxylation sites is 2. The minimum atomic E-state index is -0.377. The Hall–Kier alpha value is -3.84. The highest BCUT2D eigenvalue weighted by atomic mass is 35.5. The van der Waals surface area contributed by atoms with Crippen molar-refractivity contribution in [1.82, 2.24) is 9.78 Å². The molecule has 1 N–H and O–H groups in total. The summed E-state index contributed by atoms with van der Waals surface area (Å²) in [5.74, 6) is -0.0726. The maximum atomic E-state index is 13.3. The fourth-order valence-electron chi connectivity index (χ4n) is 3.42. The van der Waals surface area contributed by atoms with Crippen LogP contribution in [0.25, 0.3) is 17.1 Å². The predicted molar refractivity (Wildman–Crippen MR) is 113 cm³/mol. The molecule has 4 aromatic rings. The van der Waals surface area contributed by atoms with Gasteiger partial charge in [-0.2, -0.15) is 5.10 Å².